The predicted molar refractivity (Wildman–Crippen MR) is 86.8 cm³/mol. The second-order valence-corrected chi connectivity index (χ2v) is 5.92. The highest BCUT2D eigenvalue weighted by molar-refractivity contribution is 7.22. The van der Waals surface area contributed by atoms with Crippen LogP contribution in [-0.2, 0) is 6.54 Å². The lowest BCUT2D eigenvalue weighted by molar-refractivity contribution is 0.101. The SMILES string of the molecule is CCn1cc(N)cc1C(=O)Nc1nc2ccc(C)cc2s1. The molecule has 0 radical (unpaired) electrons. The third kappa shape index (κ3) is 2.62. The Hall–Kier alpha value is -2.34. The number of nitrogens with zero attached hydrogens (tertiary/aromatic N) is 2. The van der Waals surface area contributed by atoms with Crippen molar-refractivity contribution in [3.05, 3.63) is 41.7 Å². The number of hydrogen-bond acceptors (Lipinski definition) is 4. The average Bonchev–Trinajstić information content (AvgIpc) is 3.00. The molecule has 21 heavy (non-hydrogen) atoms. The van der Waals surface area contributed by atoms with Gasteiger partial charge in [-0.2, -0.15) is 0 Å². The van der Waals surface area contributed by atoms with Crippen LogP contribution < -0.4 is 11.1 Å². The number of aryl methyl sites for hydroxylation is 2. The molecule has 5 nitrogen and oxygen atoms in total. The maximum atomic E-state index is 12.3. The number of amides is 1. The van der Waals surface area contributed by atoms with Crippen LogP contribution in [0.1, 0.15) is 23.0 Å². The summed E-state index contributed by atoms with van der Waals surface area (Å²) < 4.78 is 2.89. The quantitative estimate of drug-likeness (QED) is 0.779. The van der Waals surface area contributed by atoms with Gasteiger partial charge in [0.25, 0.3) is 5.91 Å². The smallest absolute Gasteiger partial charge is 0.274 e. The highest BCUT2D eigenvalue weighted by atomic mass is 32.1. The van der Waals surface area contributed by atoms with Crippen molar-refractivity contribution in [3.63, 3.8) is 0 Å². The molecule has 108 valence electrons. The second kappa shape index (κ2) is 5.21. The molecule has 6 heteroatoms. The molecular formula is C15H16N4OS. The molecule has 0 aliphatic heterocycles. The van der Waals surface area contributed by atoms with E-state index in [-0.39, 0.29) is 5.91 Å². The number of nitrogens with two attached hydrogens (primary N) is 1. The lowest BCUT2D eigenvalue weighted by Crippen LogP contribution is -2.16. The van der Waals surface area contributed by atoms with Crippen LogP contribution in [-0.4, -0.2) is 15.5 Å². The van der Waals surface area contributed by atoms with E-state index >= 15 is 0 Å². The number of thiazole rings is 1. The van der Waals surface area contributed by atoms with Crippen LogP contribution in [0.4, 0.5) is 10.8 Å². The van der Waals surface area contributed by atoms with Crippen LogP contribution in [0.2, 0.25) is 0 Å². The number of rotatable bonds is 3. The average molecular weight is 300 g/mol. The fourth-order valence-corrected chi connectivity index (χ4v) is 3.19. The van der Waals surface area contributed by atoms with Crippen LogP contribution in [0.25, 0.3) is 10.2 Å². The van der Waals surface area contributed by atoms with E-state index in [2.05, 4.69) is 16.4 Å². The Morgan fingerprint density at radius 1 is 1.43 bits per heavy atom. The zero-order valence-corrected chi connectivity index (χ0v) is 12.7. The van der Waals surface area contributed by atoms with Gasteiger partial charge in [-0.15, -0.1) is 0 Å². The first-order chi connectivity index (χ1) is 10.1. The third-order valence-electron chi connectivity index (χ3n) is 3.26. The van der Waals surface area contributed by atoms with Crippen LogP contribution in [0.5, 0.6) is 0 Å². The van der Waals surface area contributed by atoms with Gasteiger partial charge in [0.15, 0.2) is 5.13 Å². The number of hydrogen-bond donors (Lipinski definition) is 2. The monoisotopic (exact) mass is 300 g/mol. The lowest BCUT2D eigenvalue weighted by atomic mass is 10.2. The normalized spacial score (nSPS) is 11.0. The molecule has 2 heterocycles. The van der Waals surface area contributed by atoms with Gasteiger partial charge in [-0.25, -0.2) is 4.98 Å². The number of fused-ring (bicyclic) bond motifs is 1. The summed E-state index contributed by atoms with van der Waals surface area (Å²) in [6, 6.07) is 7.71. The van der Waals surface area contributed by atoms with Crippen molar-refractivity contribution in [1.29, 1.82) is 0 Å². The van der Waals surface area contributed by atoms with E-state index in [1.165, 1.54) is 16.9 Å². The van der Waals surface area contributed by atoms with E-state index in [9.17, 15) is 4.79 Å². The van der Waals surface area contributed by atoms with E-state index in [1.807, 2.05) is 30.5 Å². The first kappa shape index (κ1) is 13.6. The summed E-state index contributed by atoms with van der Waals surface area (Å²) in [7, 11) is 0. The number of nitrogen functional groups attached to an aromatic ring is 1. The van der Waals surface area contributed by atoms with Crippen LogP contribution >= 0.6 is 11.3 Å². The maximum absolute atomic E-state index is 12.3. The minimum absolute atomic E-state index is 0.190. The predicted octanol–water partition coefficient (Wildman–Crippen LogP) is 3.26. The highest BCUT2D eigenvalue weighted by Gasteiger charge is 2.14. The van der Waals surface area contributed by atoms with E-state index < -0.39 is 0 Å². The van der Waals surface area contributed by atoms with E-state index in [1.54, 1.807) is 12.3 Å². The third-order valence-corrected chi connectivity index (χ3v) is 4.19. The van der Waals surface area contributed by atoms with Gasteiger partial charge in [-0.3, -0.25) is 10.1 Å². The fraction of sp³-hybridized carbons (Fsp3) is 0.200. The topological polar surface area (TPSA) is 72.9 Å². The van der Waals surface area contributed by atoms with Gasteiger partial charge in [0, 0.05) is 12.7 Å². The minimum Gasteiger partial charge on any atom is -0.397 e. The molecule has 0 aliphatic rings. The van der Waals surface area contributed by atoms with Gasteiger partial charge in [-0.05, 0) is 37.6 Å². The molecule has 3 rings (SSSR count). The molecule has 0 saturated heterocycles. The molecule has 0 saturated carbocycles. The summed E-state index contributed by atoms with van der Waals surface area (Å²) in [6.45, 7) is 4.70. The molecule has 0 fully saturated rings. The first-order valence-electron chi connectivity index (χ1n) is 6.71. The van der Waals surface area contributed by atoms with Crippen molar-refractivity contribution in [2.75, 3.05) is 11.1 Å². The van der Waals surface area contributed by atoms with Gasteiger partial charge in [0.05, 0.1) is 15.9 Å². The minimum atomic E-state index is -0.190. The summed E-state index contributed by atoms with van der Waals surface area (Å²) in [4.78, 5) is 16.8. The molecule has 0 aliphatic carbocycles. The Kier molecular flexibility index (Phi) is 3.39. The second-order valence-electron chi connectivity index (χ2n) is 4.89. The van der Waals surface area contributed by atoms with Crippen molar-refractivity contribution >= 4 is 38.3 Å². The number of aromatic nitrogens is 2. The fourth-order valence-electron chi connectivity index (χ4n) is 2.23. The van der Waals surface area contributed by atoms with E-state index in [0.717, 1.165) is 10.2 Å². The number of carbonyl (C=O) groups excluding carboxylic acids is 1. The van der Waals surface area contributed by atoms with Crippen molar-refractivity contribution in [2.24, 2.45) is 0 Å². The Morgan fingerprint density at radius 2 is 2.24 bits per heavy atom. The van der Waals surface area contributed by atoms with Crippen molar-refractivity contribution in [1.82, 2.24) is 9.55 Å². The molecule has 3 aromatic rings. The molecule has 3 N–H and O–H groups in total. The van der Waals surface area contributed by atoms with Crippen molar-refractivity contribution in [2.45, 2.75) is 20.4 Å². The summed E-state index contributed by atoms with van der Waals surface area (Å²) >= 11 is 1.47. The van der Waals surface area contributed by atoms with Crippen LogP contribution in [0, 0.1) is 6.92 Å². The summed E-state index contributed by atoms with van der Waals surface area (Å²) in [5.74, 6) is -0.190. The van der Waals surface area contributed by atoms with Gasteiger partial charge in [-0.1, -0.05) is 17.4 Å². The Morgan fingerprint density at radius 3 is 3.00 bits per heavy atom. The highest BCUT2D eigenvalue weighted by Crippen LogP contribution is 2.27. The zero-order chi connectivity index (χ0) is 15.0. The molecule has 0 bridgehead atoms. The number of anilines is 2. The number of carbonyl (C=O) groups is 1. The molecule has 0 unspecified atom stereocenters. The van der Waals surface area contributed by atoms with Crippen molar-refractivity contribution in [3.8, 4) is 0 Å². The number of nitrogens with one attached hydrogen (secondary N) is 1. The Balaban J connectivity index is 1.88. The zero-order valence-electron chi connectivity index (χ0n) is 11.9. The molecule has 1 amide bonds. The van der Waals surface area contributed by atoms with Crippen LogP contribution in [0.15, 0.2) is 30.5 Å². The summed E-state index contributed by atoms with van der Waals surface area (Å²) in [5.41, 5.74) is 8.95. The van der Waals surface area contributed by atoms with Gasteiger partial charge in [0.1, 0.15) is 5.69 Å². The summed E-state index contributed by atoms with van der Waals surface area (Å²) in [6.07, 6.45) is 1.76. The maximum Gasteiger partial charge on any atom is 0.274 e. The molecule has 0 atom stereocenters. The molecule has 1 aromatic carbocycles. The standard InChI is InChI=1S/C15H16N4OS/c1-3-19-8-10(16)7-12(19)14(20)18-15-17-11-5-4-9(2)6-13(11)21-15/h4-8H,3,16H2,1-2H3,(H,17,18,20). The molecule has 0 spiro atoms. The largest absolute Gasteiger partial charge is 0.397 e. The number of benzene rings is 1. The van der Waals surface area contributed by atoms with Gasteiger partial charge in [0.2, 0.25) is 0 Å². The van der Waals surface area contributed by atoms with Crippen LogP contribution in [0.3, 0.4) is 0 Å². The molecular weight excluding hydrogens is 284 g/mol. The first-order valence-corrected chi connectivity index (χ1v) is 7.52. The van der Waals surface area contributed by atoms with E-state index in [4.69, 9.17) is 5.73 Å². The van der Waals surface area contributed by atoms with Crippen molar-refractivity contribution < 1.29 is 4.79 Å². The van der Waals surface area contributed by atoms with E-state index in [0.29, 0.717) is 23.1 Å². The summed E-state index contributed by atoms with van der Waals surface area (Å²) in [5, 5.41) is 3.45. The van der Waals surface area contributed by atoms with Gasteiger partial charge < -0.3 is 10.3 Å². The molecule has 2 aromatic heterocycles. The Bertz CT molecular complexity index is 818. The Labute approximate surface area is 126 Å². The van der Waals surface area contributed by atoms with Gasteiger partial charge >= 0.3 is 0 Å². The lowest BCUT2D eigenvalue weighted by Gasteiger charge is -2.04.